The molecule has 0 bridgehead atoms. The zero-order chi connectivity index (χ0) is 26.2. The van der Waals surface area contributed by atoms with Crippen LogP contribution < -0.4 is 16.0 Å². The van der Waals surface area contributed by atoms with Crippen molar-refractivity contribution < 1.29 is 22.8 Å². The van der Waals surface area contributed by atoms with Crippen molar-refractivity contribution in [1.82, 2.24) is 25.6 Å². The summed E-state index contributed by atoms with van der Waals surface area (Å²) in [6.45, 7) is 0.0880. The van der Waals surface area contributed by atoms with E-state index in [0.29, 0.717) is 35.3 Å². The second kappa shape index (κ2) is 9.40. The number of halogens is 4. The summed E-state index contributed by atoms with van der Waals surface area (Å²) in [5.41, 5.74) is 0.657. The van der Waals surface area contributed by atoms with Crippen molar-refractivity contribution in [3.05, 3.63) is 82.9 Å². The van der Waals surface area contributed by atoms with Crippen LogP contribution in [-0.2, 0) is 17.5 Å². The zero-order valence-corrected chi connectivity index (χ0v) is 19.9. The van der Waals surface area contributed by atoms with E-state index in [9.17, 15) is 22.8 Å². The van der Waals surface area contributed by atoms with E-state index < -0.39 is 17.3 Å². The largest absolute Gasteiger partial charge is 0.418 e. The number of nitrogens with zero attached hydrogens (tertiary/aromatic N) is 2. The van der Waals surface area contributed by atoms with Gasteiger partial charge in [0.15, 0.2) is 0 Å². The lowest BCUT2D eigenvalue weighted by Gasteiger charge is -2.17. The minimum absolute atomic E-state index is 0.0227. The summed E-state index contributed by atoms with van der Waals surface area (Å²) in [7, 11) is 0. The predicted molar refractivity (Wildman–Crippen MR) is 131 cm³/mol. The number of aromatic amines is 1. The molecule has 12 heteroatoms. The first kappa shape index (κ1) is 24.6. The third-order valence-corrected chi connectivity index (χ3v) is 6.28. The van der Waals surface area contributed by atoms with Crippen LogP contribution in [-0.4, -0.2) is 32.3 Å². The van der Waals surface area contributed by atoms with E-state index in [4.69, 9.17) is 11.6 Å². The van der Waals surface area contributed by atoms with Crippen molar-refractivity contribution in [2.45, 2.75) is 31.1 Å². The van der Waals surface area contributed by atoms with Gasteiger partial charge in [0.25, 0.3) is 5.91 Å². The Labute approximate surface area is 213 Å². The van der Waals surface area contributed by atoms with Crippen molar-refractivity contribution in [3.8, 4) is 0 Å². The molecule has 1 saturated carbocycles. The highest BCUT2D eigenvalue weighted by Crippen LogP contribution is 2.38. The van der Waals surface area contributed by atoms with Gasteiger partial charge in [-0.3, -0.25) is 14.6 Å². The molecule has 2 amide bonds. The summed E-state index contributed by atoms with van der Waals surface area (Å²) in [5, 5.41) is 8.26. The lowest BCUT2D eigenvalue weighted by Crippen LogP contribution is -2.48. The summed E-state index contributed by atoms with van der Waals surface area (Å²) in [6.07, 6.45) is -0.653. The molecule has 0 aliphatic heterocycles. The van der Waals surface area contributed by atoms with E-state index in [1.54, 1.807) is 30.3 Å². The standard InChI is InChI=1S/C25H20ClF3N6O2/c26-15-2-6-19(18(10-15)25(27,28)29)34-17-4-3-16(30-12-17)11-31-23(37)24(7-8-24)35-22(36)14-1-5-20-21(9-14)33-13-32-20/h1-6,9-10,12-13,34H,7-8,11H2,(H,31,37)(H,32,33)(H,35,36). The maximum absolute atomic E-state index is 13.3. The predicted octanol–water partition coefficient (Wildman–Crippen LogP) is 4.95. The second-order valence-corrected chi connectivity index (χ2v) is 9.14. The van der Waals surface area contributed by atoms with Gasteiger partial charge in [-0.2, -0.15) is 13.2 Å². The Morgan fingerprint density at radius 2 is 1.86 bits per heavy atom. The zero-order valence-electron chi connectivity index (χ0n) is 19.1. The number of fused-ring (bicyclic) bond motifs is 1. The Hall–Kier alpha value is -4.12. The number of amides is 2. The highest BCUT2D eigenvalue weighted by Gasteiger charge is 2.51. The fourth-order valence-electron chi connectivity index (χ4n) is 3.85. The van der Waals surface area contributed by atoms with Crippen LogP contribution in [0.1, 0.15) is 34.5 Å². The van der Waals surface area contributed by atoms with Crippen molar-refractivity contribution in [1.29, 1.82) is 0 Å². The van der Waals surface area contributed by atoms with Gasteiger partial charge in [-0.1, -0.05) is 11.6 Å². The molecule has 0 radical (unpaired) electrons. The maximum atomic E-state index is 13.3. The van der Waals surface area contributed by atoms with Crippen molar-refractivity contribution in [3.63, 3.8) is 0 Å². The first-order valence-corrected chi connectivity index (χ1v) is 11.6. The number of hydrogen-bond donors (Lipinski definition) is 4. The molecule has 2 aromatic heterocycles. The molecule has 0 spiro atoms. The number of hydrogen-bond acceptors (Lipinski definition) is 5. The molecule has 1 aliphatic carbocycles. The van der Waals surface area contributed by atoms with Crippen LogP contribution >= 0.6 is 11.6 Å². The number of aromatic nitrogens is 3. The van der Waals surface area contributed by atoms with Gasteiger partial charge in [0.05, 0.1) is 52.7 Å². The fourth-order valence-corrected chi connectivity index (χ4v) is 4.03. The molecule has 1 fully saturated rings. The molecule has 2 heterocycles. The molecule has 4 aromatic rings. The Bertz CT molecular complexity index is 1480. The highest BCUT2D eigenvalue weighted by atomic mass is 35.5. The van der Waals surface area contributed by atoms with Gasteiger partial charge in [0.1, 0.15) is 5.54 Å². The third kappa shape index (κ3) is 5.36. The molecule has 1 aliphatic rings. The molecule has 0 atom stereocenters. The highest BCUT2D eigenvalue weighted by molar-refractivity contribution is 6.30. The molecule has 0 unspecified atom stereocenters. The molecule has 0 saturated heterocycles. The number of pyridine rings is 1. The van der Waals surface area contributed by atoms with Crippen molar-refractivity contribution in [2.75, 3.05) is 5.32 Å². The molecule has 5 rings (SSSR count). The van der Waals surface area contributed by atoms with E-state index in [-0.39, 0.29) is 29.1 Å². The lowest BCUT2D eigenvalue weighted by molar-refractivity contribution is -0.137. The van der Waals surface area contributed by atoms with Crippen LogP contribution in [0.5, 0.6) is 0 Å². The Morgan fingerprint density at radius 3 is 2.57 bits per heavy atom. The Morgan fingerprint density at radius 1 is 1.05 bits per heavy atom. The number of alkyl halides is 3. The molecule has 4 N–H and O–H groups in total. The third-order valence-electron chi connectivity index (χ3n) is 6.04. The van der Waals surface area contributed by atoms with Gasteiger partial charge in [0, 0.05) is 10.6 Å². The summed E-state index contributed by atoms with van der Waals surface area (Å²) >= 11 is 5.72. The van der Waals surface area contributed by atoms with Crippen LogP contribution in [0.25, 0.3) is 11.0 Å². The molecular weight excluding hydrogens is 509 g/mol. The topological polar surface area (TPSA) is 112 Å². The quantitative estimate of drug-likeness (QED) is 0.271. The lowest BCUT2D eigenvalue weighted by atomic mass is 10.1. The van der Waals surface area contributed by atoms with Gasteiger partial charge >= 0.3 is 6.18 Å². The first-order valence-electron chi connectivity index (χ1n) is 11.3. The van der Waals surface area contributed by atoms with Crippen LogP contribution in [0.2, 0.25) is 5.02 Å². The van der Waals surface area contributed by atoms with Gasteiger partial charge in [0.2, 0.25) is 5.91 Å². The van der Waals surface area contributed by atoms with Crippen molar-refractivity contribution >= 4 is 45.8 Å². The number of carbonyl (C=O) groups is 2. The molecule has 2 aromatic carbocycles. The maximum Gasteiger partial charge on any atom is 0.418 e. The van der Waals surface area contributed by atoms with Crippen LogP contribution in [0.3, 0.4) is 0 Å². The average molecular weight is 529 g/mol. The number of carbonyl (C=O) groups excluding carboxylic acids is 2. The van der Waals surface area contributed by atoms with Crippen LogP contribution in [0.15, 0.2) is 61.1 Å². The normalized spacial score (nSPS) is 14.3. The first-order chi connectivity index (χ1) is 17.6. The monoisotopic (exact) mass is 528 g/mol. The molecule has 37 heavy (non-hydrogen) atoms. The fraction of sp³-hybridized carbons (Fsp3) is 0.200. The van der Waals surface area contributed by atoms with E-state index in [1.807, 2.05) is 0 Å². The Balaban J connectivity index is 1.18. The second-order valence-electron chi connectivity index (χ2n) is 8.70. The van der Waals surface area contributed by atoms with E-state index in [2.05, 4.69) is 30.9 Å². The van der Waals surface area contributed by atoms with E-state index >= 15 is 0 Å². The number of benzene rings is 2. The summed E-state index contributed by atoms with van der Waals surface area (Å²) in [4.78, 5) is 36.8. The van der Waals surface area contributed by atoms with E-state index in [1.165, 1.54) is 24.7 Å². The SMILES string of the molecule is O=C(NC1(C(=O)NCc2ccc(Nc3ccc(Cl)cc3C(F)(F)F)cn2)CC1)c1ccc2[nH]cnc2c1. The van der Waals surface area contributed by atoms with Crippen LogP contribution in [0.4, 0.5) is 24.5 Å². The van der Waals surface area contributed by atoms with Gasteiger partial charge in [-0.15, -0.1) is 0 Å². The Kier molecular flexibility index (Phi) is 6.24. The summed E-state index contributed by atoms with van der Waals surface area (Å²) in [6, 6.07) is 11.7. The van der Waals surface area contributed by atoms with Gasteiger partial charge in [-0.05, 0) is 61.4 Å². The number of nitrogens with one attached hydrogen (secondary N) is 4. The molecule has 8 nitrogen and oxygen atoms in total. The smallest absolute Gasteiger partial charge is 0.354 e. The average Bonchev–Trinajstić information content (AvgIpc) is 3.49. The summed E-state index contributed by atoms with van der Waals surface area (Å²) < 4.78 is 39.9. The number of H-pyrrole nitrogens is 1. The minimum Gasteiger partial charge on any atom is -0.354 e. The van der Waals surface area contributed by atoms with Gasteiger partial charge in [-0.25, -0.2) is 4.98 Å². The van der Waals surface area contributed by atoms with E-state index in [0.717, 1.165) is 11.6 Å². The number of imidazole rings is 1. The van der Waals surface area contributed by atoms with Crippen LogP contribution in [0, 0.1) is 0 Å². The van der Waals surface area contributed by atoms with Gasteiger partial charge < -0.3 is 20.9 Å². The number of anilines is 2. The summed E-state index contributed by atoms with van der Waals surface area (Å²) in [5.74, 6) is -0.701. The molecule has 190 valence electrons. The molecular formula is C25H20ClF3N6O2. The van der Waals surface area contributed by atoms with Crippen molar-refractivity contribution in [2.24, 2.45) is 0 Å². The number of rotatable bonds is 7. The minimum atomic E-state index is -4.58.